The first-order valence-electron chi connectivity index (χ1n) is 5.17. The van der Waals surface area contributed by atoms with Gasteiger partial charge in [0.05, 0.1) is 0 Å². The molecule has 1 atom stereocenters. The predicted octanol–water partition coefficient (Wildman–Crippen LogP) is 1.81. The maximum atomic E-state index is 8.89. The Kier molecular flexibility index (Phi) is 3.75. The average molecular weight is 194 g/mol. The topological polar surface area (TPSA) is 42.6 Å². The van der Waals surface area contributed by atoms with E-state index in [0.717, 1.165) is 19.4 Å². The average Bonchev–Trinajstić information content (AvgIpc) is 2.48. The van der Waals surface area contributed by atoms with Crippen LogP contribution in [0.15, 0.2) is 5.10 Å². The normalized spacial score (nSPS) is 20.6. The van der Waals surface area contributed by atoms with Crippen molar-refractivity contribution in [2.24, 2.45) is 11.0 Å². The first kappa shape index (κ1) is 10.8. The Morgan fingerprint density at radius 1 is 1.57 bits per heavy atom. The van der Waals surface area contributed by atoms with Crippen LogP contribution in [0, 0.1) is 17.4 Å². The van der Waals surface area contributed by atoms with Crippen molar-refractivity contribution < 1.29 is 0 Å². The molecule has 0 aromatic heterocycles. The van der Waals surface area contributed by atoms with Crippen molar-refractivity contribution in [3.05, 3.63) is 0 Å². The van der Waals surface area contributed by atoms with Crippen LogP contribution in [0.25, 0.3) is 0 Å². The molecule has 0 aliphatic carbocycles. The molecule has 0 amide bonds. The maximum absolute atomic E-state index is 8.89. The molecule has 1 aliphatic rings. The van der Waals surface area contributed by atoms with Gasteiger partial charge in [0.25, 0.3) is 0 Å². The molecule has 14 heavy (non-hydrogen) atoms. The summed E-state index contributed by atoms with van der Waals surface area (Å²) in [5.74, 6) is 0.580. The fourth-order valence-corrected chi connectivity index (χ4v) is 1.60. The van der Waals surface area contributed by atoms with Crippen LogP contribution in [0.5, 0.6) is 0 Å². The molecular formula is C10H18N4. The van der Waals surface area contributed by atoms with Crippen molar-refractivity contribution in [3.8, 4) is 6.19 Å². The van der Waals surface area contributed by atoms with Gasteiger partial charge in [-0.25, -0.2) is 4.90 Å². The zero-order chi connectivity index (χ0) is 10.6. The third kappa shape index (κ3) is 2.38. The minimum absolute atomic E-state index is 0.139. The molecule has 4 heteroatoms. The zero-order valence-corrected chi connectivity index (χ0v) is 9.14. The molecule has 1 rings (SSSR count). The SMILES string of the molecule is CCCN1N=CN(C#N)C1CC(C)C. The first-order chi connectivity index (χ1) is 6.69. The molecule has 0 saturated heterocycles. The molecule has 1 heterocycles. The summed E-state index contributed by atoms with van der Waals surface area (Å²) in [6, 6.07) is 0. The second-order valence-corrected chi connectivity index (χ2v) is 4.01. The van der Waals surface area contributed by atoms with E-state index in [1.54, 1.807) is 11.2 Å². The summed E-state index contributed by atoms with van der Waals surface area (Å²) >= 11 is 0. The van der Waals surface area contributed by atoms with E-state index in [1.165, 1.54) is 0 Å². The molecule has 1 aliphatic heterocycles. The molecule has 0 aromatic rings. The van der Waals surface area contributed by atoms with Gasteiger partial charge in [-0.2, -0.15) is 10.4 Å². The smallest absolute Gasteiger partial charge is 0.187 e. The second kappa shape index (κ2) is 4.85. The summed E-state index contributed by atoms with van der Waals surface area (Å²) < 4.78 is 0. The predicted molar refractivity (Wildman–Crippen MR) is 56.2 cm³/mol. The molecular weight excluding hydrogens is 176 g/mol. The van der Waals surface area contributed by atoms with Gasteiger partial charge in [0.1, 0.15) is 12.5 Å². The summed E-state index contributed by atoms with van der Waals surface area (Å²) in [7, 11) is 0. The van der Waals surface area contributed by atoms with Crippen molar-refractivity contribution in [2.45, 2.75) is 39.8 Å². The van der Waals surface area contributed by atoms with E-state index < -0.39 is 0 Å². The quantitative estimate of drug-likeness (QED) is 0.641. The fraction of sp³-hybridized carbons (Fsp3) is 0.800. The number of hydrazone groups is 1. The van der Waals surface area contributed by atoms with Crippen LogP contribution < -0.4 is 0 Å². The lowest BCUT2D eigenvalue weighted by molar-refractivity contribution is 0.138. The summed E-state index contributed by atoms with van der Waals surface area (Å²) in [6.45, 7) is 7.37. The van der Waals surface area contributed by atoms with E-state index in [0.29, 0.717) is 5.92 Å². The van der Waals surface area contributed by atoms with Crippen molar-refractivity contribution >= 4 is 6.34 Å². The van der Waals surface area contributed by atoms with Crippen LogP contribution in [0.3, 0.4) is 0 Å². The first-order valence-corrected chi connectivity index (χ1v) is 5.17. The highest BCUT2D eigenvalue weighted by Gasteiger charge is 2.27. The molecule has 4 nitrogen and oxygen atoms in total. The molecule has 1 unspecified atom stereocenters. The largest absolute Gasteiger partial charge is 0.272 e. The maximum Gasteiger partial charge on any atom is 0.187 e. The lowest BCUT2D eigenvalue weighted by Crippen LogP contribution is -2.38. The van der Waals surface area contributed by atoms with Gasteiger partial charge in [0.2, 0.25) is 0 Å². The fourth-order valence-electron chi connectivity index (χ4n) is 1.60. The molecule has 0 N–H and O–H groups in total. The number of nitrogens with zero attached hydrogens (tertiary/aromatic N) is 4. The number of hydrogen-bond donors (Lipinski definition) is 0. The van der Waals surface area contributed by atoms with Gasteiger partial charge >= 0.3 is 0 Å². The van der Waals surface area contributed by atoms with Crippen molar-refractivity contribution in [1.29, 1.82) is 5.26 Å². The number of hydrogen-bond acceptors (Lipinski definition) is 4. The van der Waals surface area contributed by atoms with Crippen LogP contribution in [0.2, 0.25) is 0 Å². The van der Waals surface area contributed by atoms with Crippen molar-refractivity contribution in [3.63, 3.8) is 0 Å². The van der Waals surface area contributed by atoms with Crippen LogP contribution in [-0.4, -0.2) is 29.0 Å². The monoisotopic (exact) mass is 194 g/mol. The van der Waals surface area contributed by atoms with Gasteiger partial charge < -0.3 is 0 Å². The van der Waals surface area contributed by atoms with Gasteiger partial charge in [-0.1, -0.05) is 20.8 Å². The van der Waals surface area contributed by atoms with Crippen molar-refractivity contribution in [2.75, 3.05) is 6.54 Å². The summed E-state index contributed by atoms with van der Waals surface area (Å²) in [6.07, 6.45) is 5.96. The minimum atomic E-state index is 0.139. The molecule has 0 spiro atoms. The molecule has 0 radical (unpaired) electrons. The van der Waals surface area contributed by atoms with Crippen LogP contribution in [0.1, 0.15) is 33.6 Å². The van der Waals surface area contributed by atoms with E-state index in [1.807, 2.05) is 5.01 Å². The summed E-state index contributed by atoms with van der Waals surface area (Å²) in [5.41, 5.74) is 0. The van der Waals surface area contributed by atoms with Crippen LogP contribution >= 0.6 is 0 Å². The van der Waals surface area contributed by atoms with E-state index in [4.69, 9.17) is 5.26 Å². The highest BCUT2D eigenvalue weighted by atomic mass is 15.6. The Morgan fingerprint density at radius 2 is 2.29 bits per heavy atom. The molecule has 0 saturated carbocycles. The molecule has 0 fully saturated rings. The Balaban J connectivity index is 2.60. The van der Waals surface area contributed by atoms with Gasteiger partial charge in [-0.3, -0.25) is 5.01 Å². The lowest BCUT2D eigenvalue weighted by atomic mass is 10.1. The van der Waals surface area contributed by atoms with Gasteiger partial charge in [-0.05, 0) is 18.8 Å². The Hall–Kier alpha value is -1.24. The third-order valence-corrected chi connectivity index (χ3v) is 2.24. The Morgan fingerprint density at radius 3 is 2.79 bits per heavy atom. The highest BCUT2D eigenvalue weighted by molar-refractivity contribution is 5.59. The third-order valence-electron chi connectivity index (χ3n) is 2.24. The van der Waals surface area contributed by atoms with Crippen LogP contribution in [-0.2, 0) is 0 Å². The standard InChI is InChI=1S/C10H18N4/c1-4-5-14-10(6-9(2)3)13(7-11)8-12-14/h8-10H,4-6H2,1-3H3. The van der Waals surface area contributed by atoms with Crippen LogP contribution in [0.4, 0.5) is 0 Å². The molecule has 0 bridgehead atoms. The van der Waals surface area contributed by atoms with E-state index in [2.05, 4.69) is 32.1 Å². The lowest BCUT2D eigenvalue weighted by Gasteiger charge is -2.27. The van der Waals surface area contributed by atoms with Gasteiger partial charge in [0, 0.05) is 6.54 Å². The summed E-state index contributed by atoms with van der Waals surface area (Å²) in [5, 5.41) is 15.1. The van der Waals surface area contributed by atoms with Gasteiger partial charge in [-0.15, -0.1) is 0 Å². The second-order valence-electron chi connectivity index (χ2n) is 4.01. The Labute approximate surface area is 85.8 Å². The highest BCUT2D eigenvalue weighted by Crippen LogP contribution is 2.19. The summed E-state index contributed by atoms with van der Waals surface area (Å²) in [4.78, 5) is 1.63. The Bertz CT molecular complexity index is 241. The number of rotatable bonds is 4. The van der Waals surface area contributed by atoms with Gasteiger partial charge in [0.15, 0.2) is 6.19 Å². The number of nitriles is 1. The van der Waals surface area contributed by atoms with E-state index in [9.17, 15) is 0 Å². The minimum Gasteiger partial charge on any atom is -0.272 e. The zero-order valence-electron chi connectivity index (χ0n) is 9.14. The van der Waals surface area contributed by atoms with E-state index in [-0.39, 0.29) is 6.17 Å². The molecule has 0 aromatic carbocycles. The molecule has 78 valence electrons. The van der Waals surface area contributed by atoms with Crippen molar-refractivity contribution in [1.82, 2.24) is 9.91 Å². The van der Waals surface area contributed by atoms with E-state index >= 15 is 0 Å².